The van der Waals surface area contributed by atoms with Crippen molar-refractivity contribution in [2.45, 2.75) is 52.5 Å². The van der Waals surface area contributed by atoms with Gasteiger partial charge in [0, 0.05) is 24.1 Å². The summed E-state index contributed by atoms with van der Waals surface area (Å²) in [4.78, 5) is 39.0. The van der Waals surface area contributed by atoms with E-state index in [1.165, 1.54) is 17.0 Å². The van der Waals surface area contributed by atoms with Crippen LogP contribution in [-0.4, -0.2) is 41.9 Å². The molecule has 1 aliphatic rings. The normalized spacial score (nSPS) is 18.1. The SMILES string of the molecule is CCOC(=O)C1=C(C)N(CC(=O)N[C@@H](C)CC)C(=O)C[C@@H]1c1ccc(F)cc1. The fourth-order valence-electron chi connectivity index (χ4n) is 3.22. The molecule has 1 heterocycles. The highest BCUT2D eigenvalue weighted by Gasteiger charge is 2.37. The molecule has 0 radical (unpaired) electrons. The maximum Gasteiger partial charge on any atom is 0.336 e. The molecular weight excluding hydrogens is 363 g/mol. The van der Waals surface area contributed by atoms with Gasteiger partial charge in [-0.2, -0.15) is 0 Å². The molecule has 0 aliphatic carbocycles. The molecule has 7 heteroatoms. The van der Waals surface area contributed by atoms with E-state index in [9.17, 15) is 18.8 Å². The number of esters is 1. The van der Waals surface area contributed by atoms with E-state index in [1.807, 2.05) is 13.8 Å². The number of nitrogens with zero attached hydrogens (tertiary/aromatic N) is 1. The smallest absolute Gasteiger partial charge is 0.336 e. The van der Waals surface area contributed by atoms with Crippen molar-refractivity contribution in [2.75, 3.05) is 13.2 Å². The summed E-state index contributed by atoms with van der Waals surface area (Å²) in [6.07, 6.45) is 0.781. The van der Waals surface area contributed by atoms with E-state index in [1.54, 1.807) is 26.0 Å². The Morgan fingerprint density at radius 3 is 2.50 bits per heavy atom. The number of benzene rings is 1. The number of hydrogen-bond acceptors (Lipinski definition) is 4. The molecule has 0 fully saturated rings. The van der Waals surface area contributed by atoms with Crippen molar-refractivity contribution >= 4 is 17.8 Å². The van der Waals surface area contributed by atoms with Gasteiger partial charge >= 0.3 is 5.97 Å². The number of allylic oxidation sites excluding steroid dienone is 1. The summed E-state index contributed by atoms with van der Waals surface area (Å²) in [5.74, 6) is -2.02. The maximum absolute atomic E-state index is 13.3. The van der Waals surface area contributed by atoms with E-state index in [0.29, 0.717) is 16.8 Å². The van der Waals surface area contributed by atoms with Gasteiger partial charge in [-0.1, -0.05) is 19.1 Å². The molecule has 2 rings (SSSR count). The molecule has 1 aromatic rings. The molecule has 6 nitrogen and oxygen atoms in total. The third-order valence-electron chi connectivity index (χ3n) is 4.91. The molecule has 152 valence electrons. The third kappa shape index (κ3) is 4.97. The summed E-state index contributed by atoms with van der Waals surface area (Å²) in [5.41, 5.74) is 1.37. The Labute approximate surface area is 164 Å². The molecule has 0 aromatic heterocycles. The van der Waals surface area contributed by atoms with E-state index in [0.717, 1.165) is 6.42 Å². The summed E-state index contributed by atoms with van der Waals surface area (Å²) in [5, 5.41) is 2.82. The number of ether oxygens (including phenoxy) is 1. The van der Waals surface area contributed by atoms with Crippen LogP contribution < -0.4 is 5.32 Å². The summed E-state index contributed by atoms with van der Waals surface area (Å²) in [6.45, 7) is 7.20. The average molecular weight is 390 g/mol. The van der Waals surface area contributed by atoms with Crippen molar-refractivity contribution in [2.24, 2.45) is 0 Å². The third-order valence-corrected chi connectivity index (χ3v) is 4.91. The van der Waals surface area contributed by atoms with Gasteiger partial charge in [0.15, 0.2) is 0 Å². The van der Waals surface area contributed by atoms with Crippen LogP contribution in [0, 0.1) is 5.82 Å². The van der Waals surface area contributed by atoms with Crippen LogP contribution in [0.5, 0.6) is 0 Å². The van der Waals surface area contributed by atoms with Crippen LogP contribution in [0.25, 0.3) is 0 Å². The van der Waals surface area contributed by atoms with Gasteiger partial charge < -0.3 is 15.0 Å². The highest BCUT2D eigenvalue weighted by atomic mass is 19.1. The van der Waals surface area contributed by atoms with Gasteiger partial charge in [-0.25, -0.2) is 9.18 Å². The van der Waals surface area contributed by atoms with Gasteiger partial charge in [0.05, 0.1) is 12.2 Å². The Hall–Kier alpha value is -2.70. The van der Waals surface area contributed by atoms with Crippen molar-refractivity contribution in [1.29, 1.82) is 0 Å². The van der Waals surface area contributed by atoms with E-state index >= 15 is 0 Å². The molecule has 1 aromatic carbocycles. The Morgan fingerprint density at radius 2 is 1.93 bits per heavy atom. The number of hydrogen-bond donors (Lipinski definition) is 1. The minimum absolute atomic E-state index is 0.00632. The predicted octanol–water partition coefficient (Wildman–Crippen LogP) is 2.89. The molecule has 1 aliphatic heterocycles. The van der Waals surface area contributed by atoms with Crippen molar-refractivity contribution in [3.8, 4) is 0 Å². The molecule has 0 saturated carbocycles. The number of halogens is 1. The number of amides is 2. The first-order valence-electron chi connectivity index (χ1n) is 9.51. The first-order chi connectivity index (χ1) is 13.3. The van der Waals surface area contributed by atoms with Crippen molar-refractivity contribution in [3.05, 3.63) is 46.9 Å². The second kappa shape index (κ2) is 9.48. The zero-order valence-electron chi connectivity index (χ0n) is 16.8. The van der Waals surface area contributed by atoms with Crippen LogP contribution in [0.15, 0.2) is 35.5 Å². The summed E-state index contributed by atoms with van der Waals surface area (Å²) in [7, 11) is 0. The van der Waals surface area contributed by atoms with Gasteiger partial charge in [-0.3, -0.25) is 9.59 Å². The van der Waals surface area contributed by atoms with Gasteiger partial charge in [-0.05, 0) is 44.9 Å². The average Bonchev–Trinajstić information content (AvgIpc) is 2.65. The van der Waals surface area contributed by atoms with Crippen LogP contribution in [0.1, 0.15) is 52.0 Å². The monoisotopic (exact) mass is 390 g/mol. The van der Waals surface area contributed by atoms with Crippen LogP contribution >= 0.6 is 0 Å². The Balaban J connectivity index is 2.39. The zero-order chi connectivity index (χ0) is 20.8. The second-order valence-electron chi connectivity index (χ2n) is 6.88. The van der Waals surface area contributed by atoms with Gasteiger partial charge in [0.1, 0.15) is 12.4 Å². The number of carbonyl (C=O) groups excluding carboxylic acids is 3. The molecular formula is C21H27FN2O4. The van der Waals surface area contributed by atoms with Crippen molar-refractivity contribution in [3.63, 3.8) is 0 Å². The van der Waals surface area contributed by atoms with Crippen LogP contribution in [0.4, 0.5) is 4.39 Å². The molecule has 28 heavy (non-hydrogen) atoms. The predicted molar refractivity (Wildman–Crippen MR) is 103 cm³/mol. The highest BCUT2D eigenvalue weighted by Crippen LogP contribution is 2.37. The maximum atomic E-state index is 13.3. The largest absolute Gasteiger partial charge is 0.463 e. The molecule has 0 saturated heterocycles. The summed E-state index contributed by atoms with van der Waals surface area (Å²) < 4.78 is 18.5. The molecule has 0 spiro atoms. The minimum Gasteiger partial charge on any atom is -0.463 e. The number of carbonyl (C=O) groups is 3. The van der Waals surface area contributed by atoms with Crippen molar-refractivity contribution in [1.82, 2.24) is 10.2 Å². The Morgan fingerprint density at radius 1 is 1.29 bits per heavy atom. The van der Waals surface area contributed by atoms with Crippen LogP contribution in [0.2, 0.25) is 0 Å². The first kappa shape index (κ1) is 21.6. The van der Waals surface area contributed by atoms with E-state index in [2.05, 4.69) is 5.32 Å². The van der Waals surface area contributed by atoms with E-state index < -0.39 is 17.7 Å². The van der Waals surface area contributed by atoms with E-state index in [-0.39, 0.29) is 37.4 Å². The summed E-state index contributed by atoms with van der Waals surface area (Å²) >= 11 is 0. The zero-order valence-corrected chi connectivity index (χ0v) is 16.8. The lowest BCUT2D eigenvalue weighted by atomic mass is 9.83. The molecule has 0 bridgehead atoms. The quantitative estimate of drug-likeness (QED) is 0.727. The summed E-state index contributed by atoms with van der Waals surface area (Å²) in [6, 6.07) is 5.71. The van der Waals surface area contributed by atoms with E-state index in [4.69, 9.17) is 4.74 Å². The van der Waals surface area contributed by atoms with Crippen LogP contribution in [-0.2, 0) is 19.1 Å². The van der Waals surface area contributed by atoms with Crippen molar-refractivity contribution < 1.29 is 23.5 Å². The molecule has 0 unspecified atom stereocenters. The first-order valence-corrected chi connectivity index (χ1v) is 9.51. The van der Waals surface area contributed by atoms with Gasteiger partial charge in [-0.15, -0.1) is 0 Å². The fraction of sp³-hybridized carbons (Fsp3) is 0.476. The lowest BCUT2D eigenvalue weighted by molar-refractivity contribution is -0.141. The topological polar surface area (TPSA) is 75.7 Å². The Kier molecular flexibility index (Phi) is 7.31. The lowest BCUT2D eigenvalue weighted by Crippen LogP contribution is -2.45. The molecule has 2 atom stereocenters. The number of rotatable bonds is 7. The van der Waals surface area contributed by atoms with Crippen LogP contribution in [0.3, 0.4) is 0 Å². The minimum atomic E-state index is -0.541. The number of nitrogens with one attached hydrogen (secondary N) is 1. The molecule has 2 amide bonds. The highest BCUT2D eigenvalue weighted by molar-refractivity contribution is 5.97. The standard InChI is InChI=1S/C21H27FN2O4/c1-5-13(3)23-18(25)12-24-14(4)20(21(27)28-6-2)17(11-19(24)26)15-7-9-16(22)10-8-15/h7-10,13,17H,5-6,11-12H2,1-4H3,(H,23,25)/t13-,17+/m0/s1. The molecule has 1 N–H and O–H groups in total. The Bertz CT molecular complexity index is 773. The van der Waals surface area contributed by atoms with Gasteiger partial charge in [0.2, 0.25) is 11.8 Å². The fourth-order valence-corrected chi connectivity index (χ4v) is 3.22. The second-order valence-corrected chi connectivity index (χ2v) is 6.88. The lowest BCUT2D eigenvalue weighted by Gasteiger charge is -2.34. The van der Waals surface area contributed by atoms with Gasteiger partial charge in [0.25, 0.3) is 0 Å².